The molecular weight excluding hydrogens is 487 g/mol. The van der Waals surface area contributed by atoms with E-state index in [4.69, 9.17) is 5.41 Å². The zero-order valence-electron chi connectivity index (χ0n) is 19.0. The minimum Gasteiger partial charge on any atom is -0.388 e. The van der Waals surface area contributed by atoms with E-state index in [1.807, 2.05) is 45.1 Å². The van der Waals surface area contributed by atoms with E-state index in [1.165, 1.54) is 11.8 Å². The lowest BCUT2D eigenvalue weighted by molar-refractivity contribution is -0.121. The molecule has 1 atom stereocenters. The molecule has 0 aliphatic rings. The Morgan fingerprint density at radius 2 is 1.93 bits per heavy atom. The summed E-state index contributed by atoms with van der Waals surface area (Å²) >= 11 is 2.15. The van der Waals surface area contributed by atoms with Gasteiger partial charge in [0.2, 0.25) is 5.91 Å². The van der Waals surface area contributed by atoms with Gasteiger partial charge in [0, 0.05) is 43.5 Å². The fraction of sp³-hybridized carbons (Fsp3) is 0.417. The molecule has 1 aromatic rings. The Labute approximate surface area is 196 Å². The van der Waals surface area contributed by atoms with Gasteiger partial charge in [-0.1, -0.05) is 60.0 Å². The van der Waals surface area contributed by atoms with Crippen LogP contribution in [0.1, 0.15) is 29.5 Å². The number of halogens is 1. The second-order valence-corrected chi connectivity index (χ2v) is 7.01. The van der Waals surface area contributed by atoms with Crippen LogP contribution in [0.2, 0.25) is 0 Å². The maximum Gasteiger partial charge on any atom is 0.220 e. The first kappa shape index (κ1) is 28.1. The second kappa shape index (κ2) is 15.8. The van der Waals surface area contributed by atoms with Crippen LogP contribution in [0, 0.1) is 12.3 Å². The Kier molecular flexibility index (Phi) is 14.8. The standard InChI is InChI=1S/C23H34N4O.CH3I/c1-7-9-18(8-2)10-13-23(28)26-16-20(27(5)6)14-19-11-12-22(25-4)21(15-24)17(19)3;1-2/h7-9,11-12,15,20,24-25H,1-2,10,13-14,16H2,3-6H3,(H,26,28);1H3/b18-9+,24-15?;. The van der Waals surface area contributed by atoms with Gasteiger partial charge in [0.25, 0.3) is 0 Å². The molecular formula is C24H37IN4O. The summed E-state index contributed by atoms with van der Waals surface area (Å²) in [5, 5.41) is 13.9. The molecule has 0 saturated heterocycles. The van der Waals surface area contributed by atoms with Crippen molar-refractivity contribution in [3.63, 3.8) is 0 Å². The van der Waals surface area contributed by atoms with E-state index in [0.29, 0.717) is 19.4 Å². The molecule has 0 radical (unpaired) electrons. The topological polar surface area (TPSA) is 68.2 Å². The summed E-state index contributed by atoms with van der Waals surface area (Å²) in [5.74, 6) is 0.0334. The van der Waals surface area contributed by atoms with Gasteiger partial charge in [-0.3, -0.25) is 4.79 Å². The Hall–Kier alpha value is -1.93. The van der Waals surface area contributed by atoms with Gasteiger partial charge in [0.1, 0.15) is 0 Å². The monoisotopic (exact) mass is 524 g/mol. The average molecular weight is 524 g/mol. The summed E-state index contributed by atoms with van der Waals surface area (Å²) in [6.45, 7) is 10.1. The number of carbonyl (C=O) groups excluding carboxylic acids is 1. The highest BCUT2D eigenvalue weighted by atomic mass is 127. The fourth-order valence-electron chi connectivity index (χ4n) is 3.07. The average Bonchev–Trinajstić information content (AvgIpc) is 2.75. The van der Waals surface area contributed by atoms with E-state index in [2.05, 4.69) is 57.3 Å². The Balaban J connectivity index is 0.00000407. The zero-order valence-corrected chi connectivity index (χ0v) is 21.2. The predicted molar refractivity (Wildman–Crippen MR) is 140 cm³/mol. The summed E-state index contributed by atoms with van der Waals surface area (Å²) in [6.07, 6.45) is 8.63. The van der Waals surface area contributed by atoms with Crippen molar-refractivity contribution in [1.82, 2.24) is 10.2 Å². The molecule has 0 bridgehead atoms. The molecule has 1 aromatic carbocycles. The van der Waals surface area contributed by atoms with Gasteiger partial charge in [-0.15, -0.1) is 0 Å². The molecule has 30 heavy (non-hydrogen) atoms. The third-order valence-corrected chi connectivity index (χ3v) is 5.00. The number of benzene rings is 1. The number of anilines is 1. The van der Waals surface area contributed by atoms with Crippen LogP contribution in [-0.4, -0.2) is 55.7 Å². The van der Waals surface area contributed by atoms with Crippen LogP contribution in [0.15, 0.2) is 49.1 Å². The minimum atomic E-state index is 0.0334. The van der Waals surface area contributed by atoms with Gasteiger partial charge in [-0.25, -0.2) is 0 Å². The number of carbonyl (C=O) groups is 1. The molecule has 3 N–H and O–H groups in total. The van der Waals surface area contributed by atoms with Crippen molar-refractivity contribution in [1.29, 1.82) is 5.41 Å². The first-order chi connectivity index (χ1) is 14.4. The summed E-state index contributed by atoms with van der Waals surface area (Å²) in [6, 6.07) is 4.28. The fourth-order valence-corrected chi connectivity index (χ4v) is 3.07. The second-order valence-electron chi connectivity index (χ2n) is 7.01. The number of amides is 1. The largest absolute Gasteiger partial charge is 0.388 e. The van der Waals surface area contributed by atoms with Crippen LogP contribution in [0.5, 0.6) is 0 Å². The van der Waals surface area contributed by atoms with E-state index in [1.54, 1.807) is 12.2 Å². The predicted octanol–water partition coefficient (Wildman–Crippen LogP) is 4.75. The number of nitrogens with zero attached hydrogens (tertiary/aromatic N) is 1. The van der Waals surface area contributed by atoms with Crippen LogP contribution >= 0.6 is 22.6 Å². The van der Waals surface area contributed by atoms with Crippen molar-refractivity contribution in [2.45, 2.75) is 32.2 Å². The molecule has 0 aliphatic carbocycles. The van der Waals surface area contributed by atoms with E-state index in [9.17, 15) is 4.79 Å². The van der Waals surface area contributed by atoms with Crippen molar-refractivity contribution in [2.75, 3.05) is 37.9 Å². The summed E-state index contributed by atoms with van der Waals surface area (Å²) in [7, 11) is 5.91. The van der Waals surface area contributed by atoms with Gasteiger partial charge in [0.05, 0.1) is 0 Å². The van der Waals surface area contributed by atoms with Crippen molar-refractivity contribution in [3.05, 3.63) is 65.8 Å². The molecule has 1 rings (SSSR count). The van der Waals surface area contributed by atoms with Gasteiger partial charge < -0.3 is 20.9 Å². The normalized spacial score (nSPS) is 11.8. The molecule has 166 valence electrons. The molecule has 0 saturated carbocycles. The smallest absolute Gasteiger partial charge is 0.220 e. The van der Waals surface area contributed by atoms with Gasteiger partial charge in [0.15, 0.2) is 0 Å². The number of hydrogen-bond acceptors (Lipinski definition) is 4. The third-order valence-electron chi connectivity index (χ3n) is 5.00. The highest BCUT2D eigenvalue weighted by molar-refractivity contribution is 14.1. The number of rotatable bonds is 12. The number of nitrogens with one attached hydrogen (secondary N) is 3. The maximum absolute atomic E-state index is 12.2. The zero-order chi connectivity index (χ0) is 23.1. The van der Waals surface area contributed by atoms with Crippen LogP contribution in [-0.2, 0) is 11.2 Å². The molecule has 0 aromatic heterocycles. The summed E-state index contributed by atoms with van der Waals surface area (Å²) < 4.78 is 0. The quantitative estimate of drug-likeness (QED) is 0.160. The number of allylic oxidation sites excluding steroid dienone is 4. The Morgan fingerprint density at radius 1 is 1.27 bits per heavy atom. The van der Waals surface area contributed by atoms with Crippen LogP contribution < -0.4 is 10.6 Å². The lowest BCUT2D eigenvalue weighted by atomic mass is 9.95. The van der Waals surface area contributed by atoms with E-state index in [-0.39, 0.29) is 11.9 Å². The molecule has 0 fully saturated rings. The first-order valence-electron chi connectivity index (χ1n) is 9.93. The molecule has 0 aliphatic heterocycles. The lowest BCUT2D eigenvalue weighted by Crippen LogP contribution is -2.41. The van der Waals surface area contributed by atoms with Crippen molar-refractivity contribution in [3.8, 4) is 0 Å². The molecule has 1 unspecified atom stereocenters. The highest BCUT2D eigenvalue weighted by Gasteiger charge is 2.17. The van der Waals surface area contributed by atoms with Crippen molar-refractivity contribution in [2.24, 2.45) is 0 Å². The van der Waals surface area contributed by atoms with Crippen LogP contribution in [0.4, 0.5) is 5.69 Å². The Morgan fingerprint density at radius 3 is 2.43 bits per heavy atom. The minimum absolute atomic E-state index is 0.0334. The van der Waals surface area contributed by atoms with E-state index < -0.39 is 0 Å². The van der Waals surface area contributed by atoms with E-state index >= 15 is 0 Å². The third kappa shape index (κ3) is 9.26. The lowest BCUT2D eigenvalue weighted by Gasteiger charge is -2.26. The molecule has 0 heterocycles. The summed E-state index contributed by atoms with van der Waals surface area (Å²) in [5.41, 5.74) is 5.16. The van der Waals surface area contributed by atoms with Gasteiger partial charge >= 0.3 is 0 Å². The number of likely N-dealkylation sites (N-methyl/N-ethyl adjacent to an activating group) is 1. The van der Waals surface area contributed by atoms with Crippen LogP contribution in [0.25, 0.3) is 0 Å². The molecule has 1 amide bonds. The highest BCUT2D eigenvalue weighted by Crippen LogP contribution is 2.22. The summed E-state index contributed by atoms with van der Waals surface area (Å²) in [4.78, 5) is 16.3. The van der Waals surface area contributed by atoms with Gasteiger partial charge in [-0.2, -0.15) is 0 Å². The van der Waals surface area contributed by atoms with E-state index in [0.717, 1.165) is 28.8 Å². The molecule has 5 nitrogen and oxygen atoms in total. The van der Waals surface area contributed by atoms with Crippen molar-refractivity contribution < 1.29 is 4.79 Å². The molecule has 6 heteroatoms. The van der Waals surface area contributed by atoms with Crippen molar-refractivity contribution >= 4 is 40.4 Å². The van der Waals surface area contributed by atoms with Crippen LogP contribution in [0.3, 0.4) is 0 Å². The molecule has 0 spiro atoms. The Bertz CT molecular complexity index is 741. The SMILES string of the molecule is C=C/C=C(\C=C)CCC(=O)NCC(Cc1ccc(NC)c(C=N)c1C)N(C)C.CI. The first-order valence-corrected chi connectivity index (χ1v) is 12.1. The number of alkyl halides is 1. The number of hydrogen-bond donors (Lipinski definition) is 3. The van der Waals surface area contributed by atoms with Gasteiger partial charge in [-0.05, 0) is 61.6 Å². The maximum atomic E-state index is 12.2.